The minimum absolute atomic E-state index is 0.737. The highest BCUT2D eigenvalue weighted by Crippen LogP contribution is 2.17. The van der Waals surface area contributed by atoms with Crippen LogP contribution in [0.1, 0.15) is 31.4 Å². The second-order valence-corrected chi connectivity index (χ2v) is 5.12. The predicted molar refractivity (Wildman–Crippen MR) is 74.5 cm³/mol. The summed E-state index contributed by atoms with van der Waals surface area (Å²) in [6.07, 6.45) is 3.17. The van der Waals surface area contributed by atoms with Gasteiger partial charge < -0.3 is 10.2 Å². The van der Waals surface area contributed by atoms with Crippen molar-refractivity contribution >= 4 is 5.82 Å². The zero-order valence-corrected chi connectivity index (χ0v) is 11.7. The van der Waals surface area contributed by atoms with E-state index in [1.54, 1.807) is 0 Å². The summed E-state index contributed by atoms with van der Waals surface area (Å²) in [5.74, 6) is 1.84. The van der Waals surface area contributed by atoms with Crippen LogP contribution in [0.25, 0.3) is 0 Å². The molecule has 0 spiro atoms. The van der Waals surface area contributed by atoms with Crippen LogP contribution < -0.4 is 10.2 Å². The van der Waals surface area contributed by atoms with Crippen molar-refractivity contribution in [1.82, 2.24) is 10.3 Å². The van der Waals surface area contributed by atoms with Gasteiger partial charge in [-0.25, -0.2) is 4.98 Å². The SMILES string of the molecule is CNCc1cnc(N(C)CCC(C)C)c(C)c1. The number of nitrogens with one attached hydrogen (secondary N) is 1. The lowest BCUT2D eigenvalue weighted by Gasteiger charge is -2.21. The minimum Gasteiger partial charge on any atom is -0.359 e. The summed E-state index contributed by atoms with van der Waals surface area (Å²) in [7, 11) is 4.08. The number of hydrogen-bond donors (Lipinski definition) is 1. The van der Waals surface area contributed by atoms with Gasteiger partial charge in [-0.15, -0.1) is 0 Å². The summed E-state index contributed by atoms with van der Waals surface area (Å²) in [4.78, 5) is 6.81. The standard InChI is InChI=1S/C14H25N3/c1-11(2)6-7-17(5)14-12(3)8-13(9-15-4)10-16-14/h8,10-11,15H,6-7,9H2,1-5H3. The van der Waals surface area contributed by atoms with E-state index in [1.165, 1.54) is 17.5 Å². The monoisotopic (exact) mass is 235 g/mol. The Hall–Kier alpha value is -1.09. The van der Waals surface area contributed by atoms with Crippen molar-refractivity contribution in [2.45, 2.75) is 33.7 Å². The Kier molecular flexibility index (Phi) is 5.42. The van der Waals surface area contributed by atoms with Crippen LogP contribution in [0.2, 0.25) is 0 Å². The molecule has 3 heteroatoms. The Morgan fingerprint density at radius 3 is 2.65 bits per heavy atom. The van der Waals surface area contributed by atoms with E-state index in [0.29, 0.717) is 0 Å². The average molecular weight is 235 g/mol. The Bertz CT molecular complexity index is 347. The van der Waals surface area contributed by atoms with Crippen molar-refractivity contribution < 1.29 is 0 Å². The third kappa shape index (κ3) is 4.35. The molecule has 17 heavy (non-hydrogen) atoms. The van der Waals surface area contributed by atoms with Gasteiger partial charge in [0.2, 0.25) is 0 Å². The molecule has 0 saturated heterocycles. The molecule has 0 atom stereocenters. The quantitative estimate of drug-likeness (QED) is 0.821. The highest BCUT2D eigenvalue weighted by Gasteiger charge is 2.07. The van der Waals surface area contributed by atoms with Crippen molar-refractivity contribution in [2.24, 2.45) is 5.92 Å². The van der Waals surface area contributed by atoms with Crippen LogP contribution >= 0.6 is 0 Å². The molecule has 0 aliphatic heterocycles. The first-order valence-electron chi connectivity index (χ1n) is 6.35. The molecule has 0 bridgehead atoms. The summed E-state index contributed by atoms with van der Waals surface area (Å²) in [6.45, 7) is 8.59. The van der Waals surface area contributed by atoms with Gasteiger partial charge in [-0.1, -0.05) is 13.8 Å². The third-order valence-corrected chi connectivity index (χ3v) is 2.89. The Morgan fingerprint density at radius 1 is 1.41 bits per heavy atom. The van der Waals surface area contributed by atoms with Crippen LogP contribution in [-0.2, 0) is 6.54 Å². The lowest BCUT2D eigenvalue weighted by atomic mass is 10.1. The highest BCUT2D eigenvalue weighted by atomic mass is 15.2. The molecule has 1 N–H and O–H groups in total. The van der Waals surface area contributed by atoms with Crippen LogP contribution in [0.4, 0.5) is 5.82 Å². The van der Waals surface area contributed by atoms with Crippen LogP contribution in [0.5, 0.6) is 0 Å². The van der Waals surface area contributed by atoms with Gasteiger partial charge in [-0.2, -0.15) is 0 Å². The first-order chi connectivity index (χ1) is 8.04. The van der Waals surface area contributed by atoms with Gasteiger partial charge in [-0.3, -0.25) is 0 Å². The first-order valence-corrected chi connectivity index (χ1v) is 6.35. The van der Waals surface area contributed by atoms with E-state index in [-0.39, 0.29) is 0 Å². The molecule has 0 fully saturated rings. The molecule has 0 aromatic carbocycles. The molecule has 0 unspecified atom stereocenters. The van der Waals surface area contributed by atoms with E-state index < -0.39 is 0 Å². The minimum atomic E-state index is 0.737. The van der Waals surface area contributed by atoms with Crippen molar-refractivity contribution in [1.29, 1.82) is 0 Å². The van der Waals surface area contributed by atoms with Crippen LogP contribution in [0.15, 0.2) is 12.3 Å². The third-order valence-electron chi connectivity index (χ3n) is 2.89. The summed E-state index contributed by atoms with van der Waals surface area (Å²) >= 11 is 0. The number of rotatable bonds is 6. The number of hydrogen-bond acceptors (Lipinski definition) is 3. The molecule has 0 amide bonds. The Morgan fingerprint density at radius 2 is 2.12 bits per heavy atom. The van der Waals surface area contributed by atoms with Crippen molar-refractivity contribution in [2.75, 3.05) is 25.5 Å². The highest BCUT2D eigenvalue weighted by molar-refractivity contribution is 5.46. The average Bonchev–Trinajstić information content (AvgIpc) is 2.26. The summed E-state index contributed by atoms with van der Waals surface area (Å²) < 4.78 is 0. The van der Waals surface area contributed by atoms with Crippen LogP contribution in [0, 0.1) is 12.8 Å². The topological polar surface area (TPSA) is 28.2 Å². The van der Waals surface area contributed by atoms with E-state index in [2.05, 4.69) is 49.1 Å². The van der Waals surface area contributed by atoms with Gasteiger partial charge >= 0.3 is 0 Å². The Balaban J connectivity index is 2.70. The molecule has 3 nitrogen and oxygen atoms in total. The Labute approximate surface area is 105 Å². The van der Waals surface area contributed by atoms with Gasteiger partial charge in [0, 0.05) is 26.3 Å². The number of anilines is 1. The molecular formula is C14H25N3. The molecule has 1 aromatic heterocycles. The van der Waals surface area contributed by atoms with Crippen LogP contribution in [-0.4, -0.2) is 25.6 Å². The van der Waals surface area contributed by atoms with Gasteiger partial charge in [0.15, 0.2) is 0 Å². The fraction of sp³-hybridized carbons (Fsp3) is 0.643. The summed E-state index contributed by atoms with van der Waals surface area (Å²) in [5.41, 5.74) is 2.50. The van der Waals surface area contributed by atoms with Crippen molar-refractivity contribution in [3.8, 4) is 0 Å². The zero-order chi connectivity index (χ0) is 12.8. The van der Waals surface area contributed by atoms with Crippen molar-refractivity contribution in [3.05, 3.63) is 23.4 Å². The molecule has 96 valence electrons. The number of pyridine rings is 1. The molecule has 0 radical (unpaired) electrons. The largest absolute Gasteiger partial charge is 0.359 e. The van der Waals surface area contributed by atoms with Crippen molar-refractivity contribution in [3.63, 3.8) is 0 Å². The molecular weight excluding hydrogens is 210 g/mol. The lowest BCUT2D eigenvalue weighted by molar-refractivity contribution is 0.583. The van der Waals surface area contributed by atoms with Crippen LogP contribution in [0.3, 0.4) is 0 Å². The maximum Gasteiger partial charge on any atom is 0.131 e. The first kappa shape index (κ1) is 14.0. The maximum atomic E-state index is 4.56. The van der Waals surface area contributed by atoms with Gasteiger partial charge in [-0.05, 0) is 43.5 Å². The number of aromatic nitrogens is 1. The fourth-order valence-electron chi connectivity index (χ4n) is 1.88. The summed E-state index contributed by atoms with van der Waals surface area (Å²) in [6, 6.07) is 2.21. The smallest absolute Gasteiger partial charge is 0.131 e. The number of aryl methyl sites for hydroxylation is 1. The molecule has 1 rings (SSSR count). The van der Waals surface area contributed by atoms with Gasteiger partial charge in [0.05, 0.1) is 0 Å². The molecule has 1 aromatic rings. The van der Waals surface area contributed by atoms with E-state index in [4.69, 9.17) is 0 Å². The number of nitrogens with zero attached hydrogens (tertiary/aromatic N) is 2. The molecule has 0 aliphatic carbocycles. The molecule has 0 aliphatic rings. The maximum absolute atomic E-state index is 4.56. The fourth-order valence-corrected chi connectivity index (χ4v) is 1.88. The summed E-state index contributed by atoms with van der Waals surface area (Å²) in [5, 5.41) is 3.15. The molecule has 0 saturated carbocycles. The van der Waals surface area contributed by atoms with Gasteiger partial charge in [0.1, 0.15) is 5.82 Å². The van der Waals surface area contributed by atoms with E-state index in [0.717, 1.165) is 24.8 Å². The molecule has 1 heterocycles. The normalized spacial score (nSPS) is 10.9. The second kappa shape index (κ2) is 6.60. The van der Waals surface area contributed by atoms with E-state index >= 15 is 0 Å². The zero-order valence-electron chi connectivity index (χ0n) is 11.7. The lowest BCUT2D eigenvalue weighted by Crippen LogP contribution is -2.22. The second-order valence-electron chi connectivity index (χ2n) is 5.12. The predicted octanol–water partition coefficient (Wildman–Crippen LogP) is 2.59. The van der Waals surface area contributed by atoms with Gasteiger partial charge in [0.25, 0.3) is 0 Å². The van der Waals surface area contributed by atoms with E-state index in [9.17, 15) is 0 Å². The van der Waals surface area contributed by atoms with E-state index in [1.807, 2.05) is 13.2 Å².